The summed E-state index contributed by atoms with van der Waals surface area (Å²) in [4.78, 5) is 51.8. The van der Waals surface area contributed by atoms with Crippen molar-refractivity contribution in [2.75, 3.05) is 18.9 Å². The number of nitrogens with one attached hydrogen (secondary N) is 3. The van der Waals surface area contributed by atoms with E-state index in [0.29, 0.717) is 41.8 Å². The molecule has 1 saturated heterocycles. The Hall–Kier alpha value is -3.10. The molecule has 9 nitrogen and oxygen atoms in total. The smallest absolute Gasteiger partial charge is 0.418 e. The molecule has 9 heteroatoms. The highest BCUT2D eigenvalue weighted by Crippen LogP contribution is 2.55. The van der Waals surface area contributed by atoms with Crippen LogP contribution in [0.15, 0.2) is 18.2 Å². The minimum Gasteiger partial charge on any atom is -0.427 e. The molecule has 1 aromatic rings. The number of anilines is 1. The first-order valence-electron chi connectivity index (χ1n) is 12.3. The number of benzene rings is 1. The Morgan fingerprint density at radius 2 is 1.76 bits per heavy atom. The molecule has 5 aliphatic carbocycles. The van der Waals surface area contributed by atoms with Crippen molar-refractivity contribution in [3.63, 3.8) is 0 Å². The van der Waals surface area contributed by atoms with Crippen LogP contribution >= 0.6 is 0 Å². The van der Waals surface area contributed by atoms with Gasteiger partial charge in [-0.1, -0.05) is 6.07 Å². The number of aryl methyl sites for hydroxylation is 1. The molecular formula is C25H30N4O5. The average Bonchev–Trinajstić information content (AvgIpc) is 3.24. The van der Waals surface area contributed by atoms with E-state index < -0.39 is 17.6 Å². The molecule has 180 valence electrons. The van der Waals surface area contributed by atoms with Crippen LogP contribution in [-0.4, -0.2) is 48.0 Å². The summed E-state index contributed by atoms with van der Waals surface area (Å²) in [5, 5.41) is 8.44. The van der Waals surface area contributed by atoms with E-state index in [1.807, 2.05) is 0 Å². The molecule has 1 unspecified atom stereocenters. The SMILES string of the molecule is CNC(=O)Nc1ccc2c(c1)CCC21OC(=O)N(CC(=O)NC23CC4CC(CC(C4)C2)C3)C1=O. The topological polar surface area (TPSA) is 117 Å². The second kappa shape index (κ2) is 7.45. The molecule has 4 saturated carbocycles. The summed E-state index contributed by atoms with van der Waals surface area (Å²) in [6.07, 6.45) is 6.92. The van der Waals surface area contributed by atoms with Crippen molar-refractivity contribution in [1.82, 2.24) is 15.5 Å². The summed E-state index contributed by atoms with van der Waals surface area (Å²) in [5.74, 6) is 1.29. The molecule has 1 atom stereocenters. The molecule has 0 aromatic heterocycles. The lowest BCUT2D eigenvalue weighted by Gasteiger charge is -2.56. The third-order valence-electron chi connectivity index (χ3n) is 8.59. The van der Waals surface area contributed by atoms with Gasteiger partial charge in [0, 0.05) is 30.3 Å². The third kappa shape index (κ3) is 3.27. The molecule has 3 N–H and O–H groups in total. The lowest BCUT2D eigenvalue weighted by atomic mass is 9.53. The highest BCUT2D eigenvalue weighted by Gasteiger charge is 2.59. The number of urea groups is 1. The second-order valence-corrected chi connectivity index (χ2v) is 10.9. The van der Waals surface area contributed by atoms with Crippen LogP contribution in [0.1, 0.15) is 56.1 Å². The zero-order valence-electron chi connectivity index (χ0n) is 19.3. The van der Waals surface area contributed by atoms with E-state index >= 15 is 0 Å². The summed E-state index contributed by atoms with van der Waals surface area (Å²) in [6, 6.07) is 4.86. The lowest BCUT2D eigenvalue weighted by Crippen LogP contribution is -2.61. The molecule has 1 spiro atoms. The number of hydrogen-bond donors (Lipinski definition) is 3. The van der Waals surface area contributed by atoms with Gasteiger partial charge >= 0.3 is 12.1 Å². The normalized spacial score (nSPS) is 34.9. The summed E-state index contributed by atoms with van der Waals surface area (Å²) < 4.78 is 5.66. The van der Waals surface area contributed by atoms with Gasteiger partial charge in [0.2, 0.25) is 11.5 Å². The number of nitrogens with zero attached hydrogens (tertiary/aromatic N) is 1. The van der Waals surface area contributed by atoms with Gasteiger partial charge in [-0.15, -0.1) is 0 Å². The number of rotatable bonds is 4. The first-order chi connectivity index (χ1) is 16.3. The molecular weight excluding hydrogens is 436 g/mol. The Morgan fingerprint density at radius 3 is 2.41 bits per heavy atom. The fourth-order valence-corrected chi connectivity index (χ4v) is 7.67. The van der Waals surface area contributed by atoms with Crippen LogP contribution in [0.3, 0.4) is 0 Å². The Labute approximate surface area is 198 Å². The van der Waals surface area contributed by atoms with E-state index in [4.69, 9.17) is 4.74 Å². The van der Waals surface area contributed by atoms with E-state index in [1.165, 1.54) is 26.3 Å². The van der Waals surface area contributed by atoms with Crippen molar-refractivity contribution in [3.05, 3.63) is 29.3 Å². The Bertz CT molecular complexity index is 1070. The van der Waals surface area contributed by atoms with Crippen molar-refractivity contribution in [1.29, 1.82) is 0 Å². The van der Waals surface area contributed by atoms with Crippen LogP contribution in [0.5, 0.6) is 0 Å². The zero-order chi connectivity index (χ0) is 23.7. The van der Waals surface area contributed by atoms with Gasteiger partial charge in [0.05, 0.1) is 0 Å². The average molecular weight is 467 g/mol. The van der Waals surface area contributed by atoms with Crippen LogP contribution in [0, 0.1) is 17.8 Å². The Balaban J connectivity index is 1.17. The summed E-state index contributed by atoms with van der Waals surface area (Å²) in [5.41, 5.74) is 0.495. The third-order valence-corrected chi connectivity index (χ3v) is 8.59. The molecule has 0 radical (unpaired) electrons. The highest BCUT2D eigenvalue weighted by atomic mass is 16.6. The lowest BCUT2D eigenvalue weighted by molar-refractivity contribution is -0.140. The predicted molar refractivity (Wildman–Crippen MR) is 122 cm³/mol. The number of hydrogen-bond acceptors (Lipinski definition) is 5. The van der Waals surface area contributed by atoms with Crippen molar-refractivity contribution < 1.29 is 23.9 Å². The second-order valence-electron chi connectivity index (χ2n) is 10.9. The monoisotopic (exact) mass is 466 g/mol. The Kier molecular flexibility index (Phi) is 4.70. The van der Waals surface area contributed by atoms with Gasteiger partial charge in [-0.3, -0.25) is 9.59 Å². The number of fused-ring (bicyclic) bond motifs is 2. The van der Waals surface area contributed by atoms with Gasteiger partial charge in [-0.2, -0.15) is 0 Å². The standard InChI is InChI=1S/C25H30N4O5/c1-26-22(32)27-18-2-3-19-17(9-18)4-5-25(19)21(31)29(23(33)34-25)13-20(30)28-24-10-14-6-15(11-24)8-16(7-14)12-24/h2-3,9,14-16H,4-8,10-13H2,1H3,(H,28,30)(H2,26,27,32). The predicted octanol–water partition coefficient (Wildman–Crippen LogP) is 2.64. The van der Waals surface area contributed by atoms with Crippen LogP contribution in [-0.2, 0) is 26.3 Å². The van der Waals surface area contributed by atoms with Gasteiger partial charge in [-0.25, -0.2) is 14.5 Å². The minimum absolute atomic E-state index is 0.176. The number of amides is 5. The first kappa shape index (κ1) is 21.4. The quantitative estimate of drug-likeness (QED) is 0.631. The van der Waals surface area contributed by atoms with Gasteiger partial charge in [0.25, 0.3) is 5.91 Å². The summed E-state index contributed by atoms with van der Waals surface area (Å²) >= 11 is 0. The maximum absolute atomic E-state index is 13.4. The summed E-state index contributed by atoms with van der Waals surface area (Å²) in [7, 11) is 1.53. The number of carbonyl (C=O) groups excluding carboxylic acids is 4. The number of carbonyl (C=O) groups is 4. The van der Waals surface area contributed by atoms with Crippen LogP contribution in [0.25, 0.3) is 0 Å². The van der Waals surface area contributed by atoms with E-state index in [1.54, 1.807) is 18.2 Å². The van der Waals surface area contributed by atoms with E-state index in [9.17, 15) is 19.2 Å². The molecule has 4 bridgehead atoms. The molecule has 5 amide bonds. The van der Waals surface area contributed by atoms with Crippen LogP contribution in [0.2, 0.25) is 0 Å². The minimum atomic E-state index is -1.39. The molecule has 6 aliphatic rings. The fourth-order valence-electron chi connectivity index (χ4n) is 7.67. The fraction of sp³-hybridized carbons (Fsp3) is 0.600. The van der Waals surface area contributed by atoms with E-state index in [-0.39, 0.29) is 24.0 Å². The highest BCUT2D eigenvalue weighted by molar-refractivity contribution is 6.06. The van der Waals surface area contributed by atoms with Gasteiger partial charge in [0.15, 0.2) is 0 Å². The molecule has 1 aromatic carbocycles. The van der Waals surface area contributed by atoms with Gasteiger partial charge in [-0.05, 0) is 80.4 Å². The first-order valence-corrected chi connectivity index (χ1v) is 12.3. The van der Waals surface area contributed by atoms with Gasteiger partial charge in [0.1, 0.15) is 6.54 Å². The van der Waals surface area contributed by atoms with Crippen LogP contribution < -0.4 is 16.0 Å². The maximum atomic E-state index is 13.4. The van der Waals surface area contributed by atoms with Crippen molar-refractivity contribution in [3.8, 4) is 0 Å². The van der Waals surface area contributed by atoms with E-state index in [2.05, 4.69) is 16.0 Å². The molecule has 1 heterocycles. The van der Waals surface area contributed by atoms with Crippen molar-refractivity contribution >= 4 is 29.6 Å². The number of imide groups is 1. The Morgan fingerprint density at radius 1 is 1.09 bits per heavy atom. The van der Waals surface area contributed by atoms with Gasteiger partial charge < -0.3 is 20.7 Å². The molecule has 34 heavy (non-hydrogen) atoms. The summed E-state index contributed by atoms with van der Waals surface area (Å²) in [6.45, 7) is -0.313. The van der Waals surface area contributed by atoms with Crippen molar-refractivity contribution in [2.24, 2.45) is 17.8 Å². The number of ether oxygens (including phenoxy) is 1. The zero-order valence-corrected chi connectivity index (χ0v) is 19.3. The van der Waals surface area contributed by atoms with Crippen molar-refractivity contribution in [2.45, 2.75) is 62.5 Å². The van der Waals surface area contributed by atoms with E-state index in [0.717, 1.165) is 29.7 Å². The maximum Gasteiger partial charge on any atom is 0.418 e. The van der Waals surface area contributed by atoms with Crippen LogP contribution in [0.4, 0.5) is 15.3 Å². The molecule has 7 rings (SSSR count). The largest absolute Gasteiger partial charge is 0.427 e. The molecule has 5 fully saturated rings. The molecule has 1 aliphatic heterocycles.